The van der Waals surface area contributed by atoms with Crippen LogP contribution in [0.4, 0.5) is 5.82 Å². The maximum atomic E-state index is 13.7. The smallest absolute Gasteiger partial charge is 0.216 e. The number of fused-ring (bicyclic) bond motifs is 4. The number of hydrogen-bond acceptors (Lipinski definition) is 6. The van der Waals surface area contributed by atoms with Gasteiger partial charge in [-0.2, -0.15) is 0 Å². The van der Waals surface area contributed by atoms with E-state index >= 15 is 0 Å². The van der Waals surface area contributed by atoms with Crippen LogP contribution in [0.3, 0.4) is 0 Å². The SMILES string of the molecule is Cc1ccc(Cc2ccn3c(C4CC4)nnc3c2C)cc1CN1CC2CCCN2c2ncccc2[S+]1[O-]. The molecule has 37 heavy (non-hydrogen) atoms. The van der Waals surface area contributed by atoms with Crippen LogP contribution in [0.15, 0.2) is 53.7 Å². The third kappa shape index (κ3) is 4.11. The zero-order chi connectivity index (χ0) is 25.1. The van der Waals surface area contributed by atoms with Gasteiger partial charge in [0.2, 0.25) is 4.90 Å². The van der Waals surface area contributed by atoms with Gasteiger partial charge >= 0.3 is 0 Å². The Bertz CT molecular complexity index is 1480. The predicted octanol–water partition coefficient (Wildman–Crippen LogP) is 4.72. The molecule has 1 saturated carbocycles. The molecule has 0 radical (unpaired) electrons. The second kappa shape index (κ2) is 9.11. The maximum Gasteiger partial charge on any atom is 0.216 e. The molecule has 7 rings (SSSR count). The number of aromatic nitrogens is 4. The van der Waals surface area contributed by atoms with Gasteiger partial charge in [0, 0.05) is 37.0 Å². The normalized spacial score (nSPS) is 21.8. The highest BCUT2D eigenvalue weighted by atomic mass is 32.2. The van der Waals surface area contributed by atoms with Crippen LogP contribution in [0.1, 0.15) is 65.2 Å². The fourth-order valence-electron chi connectivity index (χ4n) is 5.97. The van der Waals surface area contributed by atoms with Gasteiger partial charge in [0.1, 0.15) is 5.82 Å². The molecule has 1 saturated heterocycles. The Morgan fingerprint density at radius 1 is 1.05 bits per heavy atom. The van der Waals surface area contributed by atoms with Gasteiger partial charge in [0.25, 0.3) is 0 Å². The molecule has 3 aromatic heterocycles. The summed E-state index contributed by atoms with van der Waals surface area (Å²) in [4.78, 5) is 7.84. The maximum absolute atomic E-state index is 13.7. The Hall–Kier alpha value is -2.94. The Labute approximate surface area is 220 Å². The lowest BCUT2D eigenvalue weighted by Crippen LogP contribution is -2.39. The standard InChI is InChI=1S/C29H32N6OS/c1-19-7-8-21(15-23-11-14-35-27(20(23)2)31-32-28(35)22-9-10-22)16-24(19)17-33-18-25-5-4-13-34(25)29-26(37(33)36)6-3-12-30-29/h3,6-8,11-12,14,16,22,25H,4-5,9-10,13,15,17-18H2,1-2H3. The molecule has 5 heterocycles. The second-order valence-corrected chi connectivity index (χ2v) is 12.3. The van der Waals surface area contributed by atoms with Gasteiger partial charge in [0.05, 0.1) is 24.5 Å². The van der Waals surface area contributed by atoms with Gasteiger partial charge in [-0.15, -0.1) is 14.5 Å². The van der Waals surface area contributed by atoms with E-state index < -0.39 is 11.4 Å². The van der Waals surface area contributed by atoms with Gasteiger partial charge < -0.3 is 9.45 Å². The third-order valence-electron chi connectivity index (χ3n) is 8.30. The Morgan fingerprint density at radius 2 is 1.95 bits per heavy atom. The summed E-state index contributed by atoms with van der Waals surface area (Å²) in [6, 6.07) is 13.2. The van der Waals surface area contributed by atoms with Crippen molar-refractivity contribution in [3.8, 4) is 0 Å². The van der Waals surface area contributed by atoms with Crippen LogP contribution < -0.4 is 4.90 Å². The van der Waals surface area contributed by atoms with E-state index in [1.54, 1.807) is 0 Å². The van der Waals surface area contributed by atoms with Crippen molar-refractivity contribution in [1.82, 2.24) is 23.9 Å². The van der Waals surface area contributed by atoms with E-state index in [1.165, 1.54) is 40.7 Å². The van der Waals surface area contributed by atoms with E-state index in [0.29, 0.717) is 18.5 Å². The zero-order valence-corrected chi connectivity index (χ0v) is 22.2. The molecular weight excluding hydrogens is 480 g/mol. The number of rotatable bonds is 5. The summed E-state index contributed by atoms with van der Waals surface area (Å²) in [6.45, 7) is 6.76. The Balaban J connectivity index is 1.16. The fourth-order valence-corrected chi connectivity index (χ4v) is 7.33. The summed E-state index contributed by atoms with van der Waals surface area (Å²) in [5, 5.41) is 9.00. The fraction of sp³-hybridized carbons (Fsp3) is 0.414. The predicted molar refractivity (Wildman–Crippen MR) is 145 cm³/mol. The third-order valence-corrected chi connectivity index (χ3v) is 9.74. The molecule has 4 aromatic rings. The van der Waals surface area contributed by atoms with Gasteiger partial charge in [-0.3, -0.25) is 4.40 Å². The molecule has 1 aromatic carbocycles. The quantitative estimate of drug-likeness (QED) is 0.361. The minimum absolute atomic E-state index is 0.363. The summed E-state index contributed by atoms with van der Waals surface area (Å²) in [7, 11) is 0. The molecule has 0 spiro atoms. The zero-order valence-electron chi connectivity index (χ0n) is 21.4. The van der Waals surface area contributed by atoms with Crippen LogP contribution in [0, 0.1) is 13.8 Å². The Kier molecular flexibility index (Phi) is 5.71. The summed E-state index contributed by atoms with van der Waals surface area (Å²) in [5.41, 5.74) is 7.18. The van der Waals surface area contributed by atoms with Gasteiger partial charge in [-0.25, -0.2) is 4.98 Å². The largest absolute Gasteiger partial charge is 0.593 e. The van der Waals surface area contributed by atoms with E-state index in [2.05, 4.69) is 73.1 Å². The number of hydrogen-bond donors (Lipinski definition) is 0. The summed E-state index contributed by atoms with van der Waals surface area (Å²) in [5.74, 6) is 2.58. The lowest BCUT2D eigenvalue weighted by atomic mass is 9.98. The molecule has 2 atom stereocenters. The van der Waals surface area contributed by atoms with Crippen molar-refractivity contribution >= 4 is 22.8 Å². The van der Waals surface area contributed by atoms with E-state index in [4.69, 9.17) is 0 Å². The van der Waals surface area contributed by atoms with Crippen molar-refractivity contribution < 1.29 is 4.55 Å². The van der Waals surface area contributed by atoms with Crippen molar-refractivity contribution in [3.63, 3.8) is 0 Å². The van der Waals surface area contributed by atoms with Crippen LogP contribution in [0.25, 0.3) is 5.65 Å². The van der Waals surface area contributed by atoms with Gasteiger partial charge in [-0.05, 0) is 85.9 Å². The van der Waals surface area contributed by atoms with E-state index in [9.17, 15) is 4.55 Å². The van der Waals surface area contributed by atoms with Crippen molar-refractivity contribution in [2.75, 3.05) is 18.0 Å². The molecule has 2 aliphatic heterocycles. The molecule has 190 valence electrons. The molecular formula is C29H32N6OS. The van der Waals surface area contributed by atoms with Crippen molar-refractivity contribution in [1.29, 1.82) is 0 Å². The van der Waals surface area contributed by atoms with Crippen LogP contribution in [-0.4, -0.2) is 47.6 Å². The van der Waals surface area contributed by atoms with E-state index in [-0.39, 0.29) is 0 Å². The van der Waals surface area contributed by atoms with Crippen molar-refractivity contribution in [3.05, 3.63) is 82.4 Å². The van der Waals surface area contributed by atoms with E-state index in [0.717, 1.165) is 54.5 Å². The molecule has 0 N–H and O–H groups in total. The monoisotopic (exact) mass is 512 g/mol. The summed E-state index contributed by atoms with van der Waals surface area (Å²) < 4.78 is 18.1. The van der Waals surface area contributed by atoms with Crippen LogP contribution >= 0.6 is 0 Å². The molecule has 7 nitrogen and oxygen atoms in total. The lowest BCUT2D eigenvalue weighted by molar-refractivity contribution is 0.382. The number of anilines is 1. The minimum Gasteiger partial charge on any atom is -0.593 e. The number of benzene rings is 1. The first kappa shape index (κ1) is 23.2. The molecule has 0 amide bonds. The molecule has 2 fully saturated rings. The number of nitrogens with zero attached hydrogens (tertiary/aromatic N) is 6. The highest BCUT2D eigenvalue weighted by Crippen LogP contribution is 2.39. The molecule has 1 aliphatic carbocycles. The first-order valence-corrected chi connectivity index (χ1v) is 14.5. The average Bonchev–Trinajstić information content (AvgIpc) is 3.51. The van der Waals surface area contributed by atoms with Gasteiger partial charge in [-0.1, -0.05) is 18.2 Å². The highest BCUT2D eigenvalue weighted by molar-refractivity contribution is 7.89. The van der Waals surface area contributed by atoms with Crippen LogP contribution in [-0.2, 0) is 24.3 Å². The molecule has 3 aliphatic rings. The van der Waals surface area contributed by atoms with E-state index in [1.807, 2.05) is 18.3 Å². The van der Waals surface area contributed by atoms with Gasteiger partial charge in [0.15, 0.2) is 11.5 Å². The lowest BCUT2D eigenvalue weighted by Gasteiger charge is -2.25. The van der Waals surface area contributed by atoms with Crippen LogP contribution in [0.2, 0.25) is 0 Å². The highest BCUT2D eigenvalue weighted by Gasteiger charge is 2.40. The Morgan fingerprint density at radius 3 is 2.81 bits per heavy atom. The number of pyridine rings is 2. The first-order valence-electron chi connectivity index (χ1n) is 13.4. The minimum atomic E-state index is -1.24. The number of aryl methyl sites for hydroxylation is 2. The average molecular weight is 513 g/mol. The van der Waals surface area contributed by atoms with Crippen LogP contribution in [0.5, 0.6) is 0 Å². The second-order valence-electron chi connectivity index (χ2n) is 10.8. The van der Waals surface area contributed by atoms with Crippen molar-refractivity contribution in [2.24, 2.45) is 0 Å². The molecule has 0 bridgehead atoms. The summed E-state index contributed by atoms with van der Waals surface area (Å²) in [6.07, 6.45) is 9.52. The first-order chi connectivity index (χ1) is 18.1. The molecule has 8 heteroatoms. The topological polar surface area (TPSA) is 72.6 Å². The van der Waals surface area contributed by atoms with Crippen molar-refractivity contribution in [2.45, 2.75) is 69.4 Å². The summed E-state index contributed by atoms with van der Waals surface area (Å²) >= 11 is -1.24. The molecule has 2 unspecified atom stereocenters.